The molecule has 0 radical (unpaired) electrons. The van der Waals surface area contributed by atoms with E-state index >= 15 is 0 Å². The van der Waals surface area contributed by atoms with Crippen LogP contribution in [0.3, 0.4) is 0 Å². The van der Waals surface area contributed by atoms with Crippen molar-refractivity contribution in [1.29, 1.82) is 0 Å². The number of benzene rings is 1. The Morgan fingerprint density at radius 1 is 1.22 bits per heavy atom. The second-order valence-corrected chi connectivity index (χ2v) is 9.98. The molecule has 27 heavy (non-hydrogen) atoms. The minimum Gasteiger partial charge on any atom is -0.381 e. The van der Waals surface area contributed by atoms with Crippen LogP contribution in [0.1, 0.15) is 36.4 Å². The second kappa shape index (κ2) is 7.73. The summed E-state index contributed by atoms with van der Waals surface area (Å²) in [6.07, 6.45) is 6.52. The number of ether oxygens (including phenoxy) is 1. The lowest BCUT2D eigenvalue weighted by Gasteiger charge is -2.38. The Bertz CT molecular complexity index is 858. The average Bonchev–Trinajstić information content (AvgIpc) is 3.29. The Balaban J connectivity index is 1.38. The first kappa shape index (κ1) is 18.7. The average molecular weight is 390 g/mol. The van der Waals surface area contributed by atoms with E-state index in [0.717, 1.165) is 44.7 Å². The summed E-state index contributed by atoms with van der Waals surface area (Å²) in [5.74, 6) is 0.478. The SMILES string of the molecule is O=S1(=O)CC[C@H](n2cc(CNCC3(c4ccccc4)CCOCC3)cn2)C1. The van der Waals surface area contributed by atoms with E-state index in [1.807, 2.05) is 17.1 Å². The molecular formula is C20H27N3O3S. The molecule has 6 nitrogen and oxygen atoms in total. The lowest BCUT2D eigenvalue weighted by atomic mass is 9.74. The van der Waals surface area contributed by atoms with Crippen LogP contribution in [0, 0.1) is 0 Å². The smallest absolute Gasteiger partial charge is 0.152 e. The van der Waals surface area contributed by atoms with Crippen LogP contribution in [0.2, 0.25) is 0 Å². The Morgan fingerprint density at radius 2 is 2.00 bits per heavy atom. The molecule has 2 aromatic rings. The van der Waals surface area contributed by atoms with Crippen molar-refractivity contribution >= 4 is 9.84 Å². The number of nitrogens with zero attached hydrogens (tertiary/aromatic N) is 2. The molecule has 1 N–H and O–H groups in total. The topological polar surface area (TPSA) is 73.2 Å². The van der Waals surface area contributed by atoms with Gasteiger partial charge in [0.15, 0.2) is 9.84 Å². The fraction of sp³-hybridized carbons (Fsp3) is 0.550. The molecule has 1 aromatic carbocycles. The molecule has 2 aliphatic heterocycles. The molecule has 146 valence electrons. The lowest BCUT2D eigenvalue weighted by molar-refractivity contribution is 0.0498. The van der Waals surface area contributed by atoms with Gasteiger partial charge in [0, 0.05) is 43.5 Å². The maximum atomic E-state index is 11.7. The van der Waals surface area contributed by atoms with Crippen LogP contribution in [0.25, 0.3) is 0 Å². The molecule has 4 rings (SSSR count). The van der Waals surface area contributed by atoms with Gasteiger partial charge in [-0.3, -0.25) is 4.68 Å². The molecule has 0 aliphatic carbocycles. The molecule has 0 saturated carbocycles. The molecule has 2 aliphatic rings. The highest BCUT2D eigenvalue weighted by atomic mass is 32.2. The quantitative estimate of drug-likeness (QED) is 0.819. The molecule has 0 unspecified atom stereocenters. The third-order valence-electron chi connectivity index (χ3n) is 5.87. The second-order valence-electron chi connectivity index (χ2n) is 7.75. The van der Waals surface area contributed by atoms with E-state index in [4.69, 9.17) is 4.74 Å². The van der Waals surface area contributed by atoms with Gasteiger partial charge < -0.3 is 10.1 Å². The Morgan fingerprint density at radius 3 is 2.70 bits per heavy atom. The monoisotopic (exact) mass is 389 g/mol. The first-order valence-corrected chi connectivity index (χ1v) is 11.5. The van der Waals surface area contributed by atoms with Crippen molar-refractivity contribution in [2.45, 2.75) is 37.3 Å². The van der Waals surface area contributed by atoms with Gasteiger partial charge in [-0.05, 0) is 24.8 Å². The number of aromatic nitrogens is 2. The van der Waals surface area contributed by atoms with E-state index in [2.05, 4.69) is 40.7 Å². The van der Waals surface area contributed by atoms with Crippen molar-refractivity contribution in [2.24, 2.45) is 0 Å². The summed E-state index contributed by atoms with van der Waals surface area (Å²) in [5.41, 5.74) is 2.57. The number of hydrogen-bond acceptors (Lipinski definition) is 5. The van der Waals surface area contributed by atoms with Crippen LogP contribution in [-0.4, -0.2) is 49.5 Å². The van der Waals surface area contributed by atoms with Crippen molar-refractivity contribution in [1.82, 2.24) is 15.1 Å². The third kappa shape index (κ3) is 4.25. The van der Waals surface area contributed by atoms with Gasteiger partial charge in [-0.15, -0.1) is 0 Å². The molecule has 1 aromatic heterocycles. The normalized spacial score (nSPS) is 24.1. The van der Waals surface area contributed by atoms with Crippen molar-refractivity contribution in [3.05, 3.63) is 53.9 Å². The Hall–Kier alpha value is -1.70. The summed E-state index contributed by atoms with van der Waals surface area (Å²) in [7, 11) is -2.89. The molecule has 3 heterocycles. The summed E-state index contributed by atoms with van der Waals surface area (Å²) in [6, 6.07) is 10.7. The maximum absolute atomic E-state index is 11.7. The highest BCUT2D eigenvalue weighted by molar-refractivity contribution is 7.91. The summed E-state index contributed by atoms with van der Waals surface area (Å²) < 4.78 is 30.8. The molecule has 7 heteroatoms. The van der Waals surface area contributed by atoms with E-state index in [1.165, 1.54) is 5.56 Å². The zero-order valence-corrected chi connectivity index (χ0v) is 16.3. The van der Waals surface area contributed by atoms with E-state index < -0.39 is 9.84 Å². The first-order chi connectivity index (χ1) is 13.1. The van der Waals surface area contributed by atoms with Gasteiger partial charge in [-0.1, -0.05) is 30.3 Å². The third-order valence-corrected chi connectivity index (χ3v) is 7.62. The fourth-order valence-electron chi connectivity index (χ4n) is 4.22. The van der Waals surface area contributed by atoms with Crippen molar-refractivity contribution in [3.8, 4) is 0 Å². The van der Waals surface area contributed by atoms with Crippen LogP contribution in [-0.2, 0) is 26.5 Å². The number of nitrogens with one attached hydrogen (secondary N) is 1. The van der Waals surface area contributed by atoms with Crippen LogP contribution >= 0.6 is 0 Å². The van der Waals surface area contributed by atoms with Crippen molar-refractivity contribution in [2.75, 3.05) is 31.3 Å². The van der Waals surface area contributed by atoms with Crippen molar-refractivity contribution < 1.29 is 13.2 Å². The first-order valence-electron chi connectivity index (χ1n) is 9.64. The van der Waals surface area contributed by atoms with E-state index in [1.54, 1.807) is 0 Å². The van der Waals surface area contributed by atoms with Gasteiger partial charge in [0.1, 0.15) is 0 Å². The number of sulfone groups is 1. The number of rotatable bonds is 6. The van der Waals surface area contributed by atoms with E-state index in [-0.39, 0.29) is 23.0 Å². The summed E-state index contributed by atoms with van der Waals surface area (Å²) in [6.45, 7) is 3.22. The summed E-state index contributed by atoms with van der Waals surface area (Å²) in [5, 5.41) is 8.00. The molecule has 0 amide bonds. The Labute approximate surface area is 160 Å². The standard InChI is InChI=1S/C20H27N3O3S/c24-27(25)11-6-19(15-27)23-14-17(13-22-23)12-21-16-20(7-9-26-10-8-20)18-4-2-1-3-5-18/h1-5,13-14,19,21H,6-12,15-16H2/t19-/m0/s1. The highest BCUT2D eigenvalue weighted by Gasteiger charge is 2.34. The maximum Gasteiger partial charge on any atom is 0.152 e. The summed E-state index contributed by atoms with van der Waals surface area (Å²) >= 11 is 0. The van der Waals surface area contributed by atoms with E-state index in [0.29, 0.717) is 6.42 Å². The van der Waals surface area contributed by atoms with Crippen LogP contribution in [0.5, 0.6) is 0 Å². The van der Waals surface area contributed by atoms with Gasteiger partial charge >= 0.3 is 0 Å². The predicted molar refractivity (Wildman–Crippen MR) is 104 cm³/mol. The van der Waals surface area contributed by atoms with Crippen molar-refractivity contribution in [3.63, 3.8) is 0 Å². The zero-order chi connectivity index (χ0) is 18.7. The molecule has 0 bridgehead atoms. The van der Waals surface area contributed by atoms with Crippen LogP contribution in [0.4, 0.5) is 0 Å². The molecular weight excluding hydrogens is 362 g/mol. The molecule has 1 atom stereocenters. The van der Waals surface area contributed by atoms with Crippen LogP contribution < -0.4 is 5.32 Å². The number of hydrogen-bond donors (Lipinski definition) is 1. The fourth-order valence-corrected chi connectivity index (χ4v) is 5.92. The minimum absolute atomic E-state index is 0.0186. The Kier molecular flexibility index (Phi) is 5.34. The van der Waals surface area contributed by atoms with Gasteiger partial charge in [0.2, 0.25) is 0 Å². The lowest BCUT2D eigenvalue weighted by Crippen LogP contribution is -2.42. The highest BCUT2D eigenvalue weighted by Crippen LogP contribution is 2.34. The van der Waals surface area contributed by atoms with Gasteiger partial charge in [-0.25, -0.2) is 8.42 Å². The predicted octanol–water partition coefficient (Wildman–Crippen LogP) is 2.08. The van der Waals surface area contributed by atoms with Gasteiger partial charge in [-0.2, -0.15) is 5.10 Å². The van der Waals surface area contributed by atoms with Crippen LogP contribution in [0.15, 0.2) is 42.7 Å². The van der Waals surface area contributed by atoms with Gasteiger partial charge in [0.25, 0.3) is 0 Å². The van der Waals surface area contributed by atoms with Gasteiger partial charge in [0.05, 0.1) is 23.7 Å². The zero-order valence-electron chi connectivity index (χ0n) is 15.5. The molecule has 0 spiro atoms. The minimum atomic E-state index is -2.89. The molecule has 2 fully saturated rings. The largest absolute Gasteiger partial charge is 0.381 e. The molecule has 2 saturated heterocycles. The van der Waals surface area contributed by atoms with E-state index in [9.17, 15) is 8.42 Å². The summed E-state index contributed by atoms with van der Waals surface area (Å²) in [4.78, 5) is 0.